The minimum absolute atomic E-state index is 0.125. The highest BCUT2D eigenvalue weighted by atomic mass is 35.5. The van der Waals surface area contributed by atoms with Gasteiger partial charge in [-0.3, -0.25) is 0 Å². The summed E-state index contributed by atoms with van der Waals surface area (Å²) >= 11 is 11.8. The molecule has 0 aliphatic carbocycles. The first-order chi connectivity index (χ1) is 10.6. The van der Waals surface area contributed by atoms with E-state index in [1.165, 1.54) is 12.1 Å². The average Bonchev–Trinajstić information content (AvgIpc) is 3.14. The van der Waals surface area contributed by atoms with E-state index in [-0.39, 0.29) is 23.3 Å². The van der Waals surface area contributed by atoms with Gasteiger partial charge in [0.05, 0.1) is 23.8 Å². The zero-order valence-corrected chi connectivity index (χ0v) is 13.1. The Balaban J connectivity index is 1.66. The van der Waals surface area contributed by atoms with Gasteiger partial charge in [-0.15, -0.1) is 0 Å². The smallest absolute Gasteiger partial charge is 0.261 e. The van der Waals surface area contributed by atoms with Crippen molar-refractivity contribution in [2.75, 3.05) is 19.8 Å². The first kappa shape index (κ1) is 15.6. The van der Waals surface area contributed by atoms with Crippen LogP contribution in [0.15, 0.2) is 16.7 Å². The molecule has 1 aliphatic heterocycles. The number of phenolic OH excluding ortho intramolecular Hbond substituents is 1. The van der Waals surface area contributed by atoms with Gasteiger partial charge in [0, 0.05) is 17.5 Å². The molecule has 1 aromatic heterocycles. The molecule has 0 spiro atoms. The summed E-state index contributed by atoms with van der Waals surface area (Å²) < 4.78 is 15.9. The Morgan fingerprint density at radius 3 is 3.00 bits per heavy atom. The molecular weight excluding hydrogens is 331 g/mol. The predicted molar refractivity (Wildman–Crippen MR) is 80.0 cm³/mol. The largest absolute Gasteiger partial charge is 0.506 e. The number of nitrogens with zero attached hydrogens (tertiary/aromatic N) is 2. The van der Waals surface area contributed by atoms with Crippen molar-refractivity contribution in [3.8, 4) is 17.2 Å². The maximum atomic E-state index is 9.94. The first-order valence-corrected chi connectivity index (χ1v) is 7.55. The molecule has 1 N–H and O–H groups in total. The van der Waals surface area contributed by atoms with Gasteiger partial charge in [0.25, 0.3) is 5.89 Å². The third kappa shape index (κ3) is 3.52. The molecule has 2 aromatic rings. The second-order valence-corrected chi connectivity index (χ2v) is 5.89. The number of benzene rings is 1. The van der Waals surface area contributed by atoms with Crippen molar-refractivity contribution in [3.05, 3.63) is 28.0 Å². The first-order valence-electron chi connectivity index (χ1n) is 6.80. The summed E-state index contributed by atoms with van der Waals surface area (Å²) in [6, 6.07) is 2.95. The lowest BCUT2D eigenvalue weighted by molar-refractivity contribution is 0.0742. The standard InChI is InChI=1S/C14H14Cl2N2O4/c15-9-3-10(13(19)11(16)4-9)14-17-12(18-22-14)7-21-6-8-1-2-20-5-8/h3-4,8,19H,1-2,5-7H2. The van der Waals surface area contributed by atoms with Gasteiger partial charge < -0.3 is 19.1 Å². The number of ether oxygens (including phenoxy) is 2. The predicted octanol–water partition coefficient (Wildman–Crippen LogP) is 3.30. The van der Waals surface area contributed by atoms with E-state index in [2.05, 4.69) is 10.1 Å². The fourth-order valence-corrected chi connectivity index (χ4v) is 2.68. The van der Waals surface area contributed by atoms with E-state index in [9.17, 15) is 5.11 Å². The summed E-state index contributed by atoms with van der Waals surface area (Å²) in [5, 5.41) is 14.3. The van der Waals surface area contributed by atoms with Gasteiger partial charge in [0.2, 0.25) is 0 Å². The van der Waals surface area contributed by atoms with Crippen LogP contribution in [0.3, 0.4) is 0 Å². The summed E-state index contributed by atoms with van der Waals surface area (Å²) in [5.74, 6) is 0.807. The summed E-state index contributed by atoms with van der Waals surface area (Å²) in [7, 11) is 0. The summed E-state index contributed by atoms with van der Waals surface area (Å²) in [5.41, 5.74) is 0.292. The molecule has 3 rings (SSSR count). The van der Waals surface area contributed by atoms with Gasteiger partial charge >= 0.3 is 0 Å². The summed E-state index contributed by atoms with van der Waals surface area (Å²) in [4.78, 5) is 4.18. The van der Waals surface area contributed by atoms with Crippen molar-refractivity contribution in [2.45, 2.75) is 13.0 Å². The molecule has 0 bridgehead atoms. The van der Waals surface area contributed by atoms with Crippen molar-refractivity contribution in [1.29, 1.82) is 0 Å². The molecule has 1 aromatic carbocycles. The van der Waals surface area contributed by atoms with E-state index in [4.69, 9.17) is 37.2 Å². The lowest BCUT2D eigenvalue weighted by atomic mass is 10.1. The van der Waals surface area contributed by atoms with Crippen molar-refractivity contribution >= 4 is 23.2 Å². The molecule has 2 heterocycles. The Kier molecular flexibility index (Phi) is 4.83. The SMILES string of the molecule is Oc1c(Cl)cc(Cl)cc1-c1nc(COCC2CCOC2)no1. The molecule has 22 heavy (non-hydrogen) atoms. The number of aromatic nitrogens is 2. The van der Waals surface area contributed by atoms with Crippen LogP contribution in [0.5, 0.6) is 5.75 Å². The van der Waals surface area contributed by atoms with Crippen LogP contribution in [-0.4, -0.2) is 35.1 Å². The zero-order valence-electron chi connectivity index (χ0n) is 11.6. The molecule has 0 amide bonds. The Morgan fingerprint density at radius 1 is 1.36 bits per heavy atom. The van der Waals surface area contributed by atoms with Crippen molar-refractivity contribution in [1.82, 2.24) is 10.1 Å². The van der Waals surface area contributed by atoms with Gasteiger partial charge in [0.15, 0.2) is 5.82 Å². The Labute approximate surface area is 136 Å². The van der Waals surface area contributed by atoms with Gasteiger partial charge in [0.1, 0.15) is 12.4 Å². The van der Waals surface area contributed by atoms with Crippen molar-refractivity contribution in [2.24, 2.45) is 5.92 Å². The van der Waals surface area contributed by atoms with Crippen LogP contribution < -0.4 is 0 Å². The molecule has 1 fully saturated rings. The molecule has 0 saturated carbocycles. The van der Waals surface area contributed by atoms with Crippen LogP contribution in [-0.2, 0) is 16.1 Å². The second-order valence-electron chi connectivity index (χ2n) is 5.04. The van der Waals surface area contributed by atoms with E-state index >= 15 is 0 Å². The number of phenols is 1. The molecule has 1 saturated heterocycles. The normalized spacial score (nSPS) is 18.0. The van der Waals surface area contributed by atoms with Gasteiger partial charge in [-0.05, 0) is 18.6 Å². The fourth-order valence-electron chi connectivity index (χ4n) is 2.18. The summed E-state index contributed by atoms with van der Waals surface area (Å²) in [6.45, 7) is 2.34. The third-order valence-corrected chi connectivity index (χ3v) is 3.84. The fraction of sp³-hybridized carbons (Fsp3) is 0.429. The van der Waals surface area contributed by atoms with E-state index < -0.39 is 0 Å². The van der Waals surface area contributed by atoms with E-state index in [1.807, 2.05) is 0 Å². The summed E-state index contributed by atoms with van der Waals surface area (Å²) in [6.07, 6.45) is 1.01. The van der Waals surface area contributed by atoms with E-state index in [0.717, 1.165) is 19.6 Å². The van der Waals surface area contributed by atoms with Gasteiger partial charge in [-0.1, -0.05) is 28.4 Å². The average molecular weight is 345 g/mol. The van der Waals surface area contributed by atoms with Crippen LogP contribution >= 0.6 is 23.2 Å². The molecule has 8 heteroatoms. The molecule has 118 valence electrons. The maximum Gasteiger partial charge on any atom is 0.261 e. The maximum absolute atomic E-state index is 9.94. The van der Waals surface area contributed by atoms with Crippen LogP contribution in [0.4, 0.5) is 0 Å². The number of halogens is 2. The molecule has 1 aliphatic rings. The minimum atomic E-state index is -0.148. The Hall–Kier alpha value is -1.34. The number of rotatable bonds is 5. The topological polar surface area (TPSA) is 77.6 Å². The highest BCUT2D eigenvalue weighted by molar-refractivity contribution is 6.36. The molecule has 1 unspecified atom stereocenters. The monoisotopic (exact) mass is 344 g/mol. The van der Waals surface area contributed by atoms with Gasteiger partial charge in [-0.2, -0.15) is 4.98 Å². The Bertz CT molecular complexity index is 656. The zero-order chi connectivity index (χ0) is 15.5. The van der Waals surface area contributed by atoms with Crippen molar-refractivity contribution in [3.63, 3.8) is 0 Å². The van der Waals surface area contributed by atoms with E-state index in [1.54, 1.807) is 0 Å². The molecule has 0 radical (unpaired) electrons. The number of aromatic hydroxyl groups is 1. The third-order valence-electron chi connectivity index (χ3n) is 3.34. The van der Waals surface area contributed by atoms with Gasteiger partial charge in [-0.25, -0.2) is 0 Å². The molecule has 1 atom stereocenters. The van der Waals surface area contributed by atoms with Crippen LogP contribution in [0, 0.1) is 5.92 Å². The number of hydrogen-bond donors (Lipinski definition) is 1. The van der Waals surface area contributed by atoms with Crippen LogP contribution in [0.25, 0.3) is 11.5 Å². The lowest BCUT2D eigenvalue weighted by Gasteiger charge is -2.06. The Morgan fingerprint density at radius 2 is 2.23 bits per heavy atom. The van der Waals surface area contributed by atoms with E-state index in [0.29, 0.717) is 28.9 Å². The van der Waals surface area contributed by atoms with Crippen LogP contribution in [0.2, 0.25) is 10.0 Å². The van der Waals surface area contributed by atoms with Crippen molar-refractivity contribution < 1.29 is 19.1 Å². The highest BCUT2D eigenvalue weighted by Crippen LogP contribution is 2.37. The quantitative estimate of drug-likeness (QED) is 0.896. The number of hydrogen-bond acceptors (Lipinski definition) is 6. The minimum Gasteiger partial charge on any atom is -0.506 e. The molecular formula is C14H14Cl2N2O4. The highest BCUT2D eigenvalue weighted by Gasteiger charge is 2.18. The second kappa shape index (κ2) is 6.83. The molecule has 6 nitrogen and oxygen atoms in total. The lowest BCUT2D eigenvalue weighted by Crippen LogP contribution is -2.09. The van der Waals surface area contributed by atoms with Crippen LogP contribution in [0.1, 0.15) is 12.2 Å².